The van der Waals surface area contributed by atoms with E-state index >= 15 is 0 Å². The number of nitriles is 1. The maximum atomic E-state index is 11.8. The van der Waals surface area contributed by atoms with E-state index in [-0.39, 0.29) is 36.0 Å². The summed E-state index contributed by atoms with van der Waals surface area (Å²) in [6.45, 7) is 9.81. The van der Waals surface area contributed by atoms with Gasteiger partial charge in [-0.1, -0.05) is 31.4 Å². The van der Waals surface area contributed by atoms with Crippen molar-refractivity contribution in [1.82, 2.24) is 10.3 Å². The van der Waals surface area contributed by atoms with Crippen LogP contribution in [0.2, 0.25) is 0 Å². The van der Waals surface area contributed by atoms with Crippen molar-refractivity contribution in [2.45, 2.75) is 108 Å². The number of benzene rings is 1. The van der Waals surface area contributed by atoms with Gasteiger partial charge in [-0.3, -0.25) is 4.79 Å². The third kappa shape index (κ3) is 8.37. The minimum absolute atomic E-state index is 0. The van der Waals surface area contributed by atoms with Crippen LogP contribution in [0.5, 0.6) is 0 Å². The Bertz CT molecular complexity index is 1410. The fourth-order valence-electron chi connectivity index (χ4n) is 6.77. The number of rotatable bonds is 5. The molecule has 4 fully saturated rings. The van der Waals surface area contributed by atoms with Gasteiger partial charge in [0.05, 0.1) is 38.7 Å². The maximum absolute atomic E-state index is 11.8. The van der Waals surface area contributed by atoms with Crippen LogP contribution in [0, 0.1) is 17.2 Å². The molecular formula is C33H48N4O4S2. The minimum atomic E-state index is -2.86. The second kappa shape index (κ2) is 12.5. The molecular weight excluding hydrogens is 581 g/mol. The lowest BCUT2D eigenvalue weighted by atomic mass is 9.81. The highest BCUT2D eigenvalue weighted by Crippen LogP contribution is 2.45. The van der Waals surface area contributed by atoms with E-state index in [0.29, 0.717) is 19.0 Å². The number of sulfone groups is 1. The second-order valence-corrected chi connectivity index (χ2v) is 17.4. The van der Waals surface area contributed by atoms with Gasteiger partial charge in [0, 0.05) is 38.2 Å². The van der Waals surface area contributed by atoms with Gasteiger partial charge >= 0.3 is 0 Å². The Morgan fingerprint density at radius 1 is 1.05 bits per heavy atom. The van der Waals surface area contributed by atoms with Crippen LogP contribution in [0.15, 0.2) is 30.5 Å². The van der Waals surface area contributed by atoms with Crippen molar-refractivity contribution in [3.63, 3.8) is 0 Å². The number of amides is 1. The first-order valence-corrected chi connectivity index (χ1v) is 18.4. The fourth-order valence-corrected chi connectivity index (χ4v) is 9.00. The van der Waals surface area contributed by atoms with E-state index in [0.717, 1.165) is 62.6 Å². The van der Waals surface area contributed by atoms with Crippen molar-refractivity contribution in [3.05, 3.63) is 35.5 Å². The summed E-state index contributed by atoms with van der Waals surface area (Å²) in [6, 6.07) is 10.6. The highest BCUT2D eigenvalue weighted by atomic mass is 32.2. The lowest BCUT2D eigenvalue weighted by Crippen LogP contribution is -2.44. The normalized spacial score (nSPS) is 24.2. The van der Waals surface area contributed by atoms with Crippen LogP contribution < -0.4 is 10.2 Å². The first kappa shape index (κ1) is 31.9. The van der Waals surface area contributed by atoms with E-state index < -0.39 is 15.4 Å². The van der Waals surface area contributed by atoms with Crippen LogP contribution in [-0.4, -0.2) is 60.6 Å². The molecule has 2 aliphatic carbocycles. The summed E-state index contributed by atoms with van der Waals surface area (Å²) in [6.07, 6.45) is 11.2. The summed E-state index contributed by atoms with van der Waals surface area (Å²) in [7, 11) is -2.86. The molecule has 43 heavy (non-hydrogen) atoms. The number of hydrogen-bond acceptors (Lipinski definition) is 8. The summed E-state index contributed by atoms with van der Waals surface area (Å²) in [4.78, 5) is 19.8. The quantitative estimate of drug-likeness (QED) is 0.403. The van der Waals surface area contributed by atoms with Gasteiger partial charge in [-0.05, 0) is 83.9 Å². The number of thiazole rings is 1. The molecule has 2 saturated heterocycles. The molecule has 2 aliphatic heterocycles. The smallest absolute Gasteiger partial charge is 0.224 e. The average Bonchev–Trinajstić information content (AvgIpc) is 3.55. The first-order valence-electron chi connectivity index (χ1n) is 15.7. The summed E-state index contributed by atoms with van der Waals surface area (Å²) >= 11 is 1.78. The molecule has 4 aliphatic rings. The number of carbonyl (C=O) groups excluding carboxylic acids is 1. The summed E-state index contributed by atoms with van der Waals surface area (Å²) in [5.41, 5.74) is 1.49. The number of nitrogens with zero attached hydrogens (tertiary/aromatic N) is 3. The molecule has 0 spiro atoms. The van der Waals surface area contributed by atoms with E-state index in [1.807, 2.05) is 6.20 Å². The number of aromatic nitrogens is 1. The van der Waals surface area contributed by atoms with Crippen LogP contribution >= 0.6 is 11.3 Å². The second-order valence-electron chi connectivity index (χ2n) is 14.0. The predicted octanol–water partition coefficient (Wildman–Crippen LogP) is 6.48. The summed E-state index contributed by atoms with van der Waals surface area (Å²) in [5, 5.41) is 12.9. The average molecular weight is 629 g/mol. The van der Waals surface area contributed by atoms with Gasteiger partial charge in [0.15, 0.2) is 9.84 Å². The third-order valence-corrected chi connectivity index (χ3v) is 11.9. The SMILES string of the molecule is CC1(C)CC(c2ncc(-c3ccc(N4CCS(=O)(=O)CC4)cc3)s2)CC(C)(C)O1.N#CC1(NC(=O)C2CCCCC2)CC1.[HH]. The zero-order valence-corrected chi connectivity index (χ0v) is 27.7. The number of ether oxygens (including phenoxy) is 1. The van der Waals surface area contributed by atoms with E-state index in [9.17, 15) is 13.2 Å². The molecule has 0 bridgehead atoms. The largest absolute Gasteiger partial charge is 0.370 e. The Balaban J connectivity index is 0.000000248. The van der Waals surface area contributed by atoms with Crippen molar-refractivity contribution in [2.75, 3.05) is 29.5 Å². The van der Waals surface area contributed by atoms with E-state index in [1.165, 1.54) is 16.3 Å². The minimum Gasteiger partial charge on any atom is -0.370 e. The standard InChI is InChI=1S/C22H30N2O3S2.C11H16N2O.H2/c1-21(2)13-17(14-22(3,4)27-21)20-23-15-19(28-20)16-5-7-18(8-6-16)24-9-11-29(25,26)12-10-24;12-8-11(6-7-11)13-10(14)9-4-2-1-3-5-9;/h5-8,15,17H,9-14H2,1-4H3;9H,1-7H2,(H,13,14);1H. The molecule has 0 atom stereocenters. The highest BCUT2D eigenvalue weighted by Gasteiger charge is 2.45. The Labute approximate surface area is 262 Å². The zero-order valence-electron chi connectivity index (χ0n) is 26.0. The van der Waals surface area contributed by atoms with Crippen LogP contribution in [0.1, 0.15) is 97.8 Å². The van der Waals surface area contributed by atoms with E-state index in [1.54, 1.807) is 11.3 Å². The van der Waals surface area contributed by atoms with Gasteiger partial charge in [0.1, 0.15) is 5.54 Å². The Morgan fingerprint density at radius 2 is 1.65 bits per heavy atom. The molecule has 236 valence electrons. The van der Waals surface area contributed by atoms with Crippen LogP contribution in [-0.2, 0) is 19.4 Å². The molecule has 0 unspecified atom stereocenters. The first-order chi connectivity index (χ1) is 20.3. The maximum Gasteiger partial charge on any atom is 0.224 e. The lowest BCUT2D eigenvalue weighted by molar-refractivity contribution is -0.161. The molecule has 1 aromatic carbocycles. The number of hydrogen-bond donors (Lipinski definition) is 1. The molecule has 6 rings (SSSR count). The summed E-state index contributed by atoms with van der Waals surface area (Å²) in [5.74, 6) is 1.19. The monoisotopic (exact) mass is 628 g/mol. The van der Waals surface area contributed by atoms with E-state index in [4.69, 9.17) is 15.0 Å². The molecule has 2 saturated carbocycles. The Kier molecular flexibility index (Phi) is 9.27. The molecule has 10 heteroatoms. The van der Waals surface area contributed by atoms with Gasteiger partial charge in [-0.2, -0.15) is 5.26 Å². The van der Waals surface area contributed by atoms with Crippen LogP contribution in [0.3, 0.4) is 0 Å². The van der Waals surface area contributed by atoms with Gasteiger partial charge in [-0.15, -0.1) is 11.3 Å². The van der Waals surface area contributed by atoms with Crippen molar-refractivity contribution < 1.29 is 19.4 Å². The Hall–Kier alpha value is -2.48. The third-order valence-electron chi connectivity index (χ3n) is 9.07. The van der Waals surface area contributed by atoms with Crippen molar-refractivity contribution >= 4 is 32.8 Å². The number of anilines is 1. The van der Waals surface area contributed by atoms with Gasteiger partial charge in [-0.25, -0.2) is 13.4 Å². The Morgan fingerprint density at radius 3 is 2.21 bits per heavy atom. The van der Waals surface area contributed by atoms with Gasteiger partial charge < -0.3 is 15.0 Å². The number of nitrogens with one attached hydrogen (secondary N) is 1. The van der Waals surface area contributed by atoms with Gasteiger partial charge in [0.25, 0.3) is 0 Å². The molecule has 1 amide bonds. The van der Waals surface area contributed by atoms with Crippen molar-refractivity contribution in [1.29, 1.82) is 5.26 Å². The molecule has 3 heterocycles. The van der Waals surface area contributed by atoms with Crippen LogP contribution in [0.4, 0.5) is 5.69 Å². The van der Waals surface area contributed by atoms with Crippen molar-refractivity contribution in [3.8, 4) is 16.5 Å². The van der Waals surface area contributed by atoms with E-state index in [2.05, 4.69) is 68.2 Å². The molecule has 0 radical (unpaired) electrons. The van der Waals surface area contributed by atoms with Gasteiger partial charge in [0.2, 0.25) is 5.91 Å². The predicted molar refractivity (Wildman–Crippen MR) is 174 cm³/mol. The number of carbonyl (C=O) groups is 1. The molecule has 8 nitrogen and oxygen atoms in total. The molecule has 1 aromatic heterocycles. The molecule has 2 aromatic rings. The zero-order chi connectivity index (χ0) is 30.9. The molecule has 1 N–H and O–H groups in total. The lowest BCUT2D eigenvalue weighted by Gasteiger charge is -2.44. The summed E-state index contributed by atoms with van der Waals surface area (Å²) < 4.78 is 29.5. The fraction of sp³-hybridized carbons (Fsp3) is 0.667. The van der Waals surface area contributed by atoms with Crippen molar-refractivity contribution in [2.24, 2.45) is 5.92 Å². The van der Waals surface area contributed by atoms with Crippen LogP contribution in [0.25, 0.3) is 10.4 Å². The topological polar surface area (TPSA) is 112 Å². The highest BCUT2D eigenvalue weighted by molar-refractivity contribution is 7.91.